The molecular formula is C12H20O4. The summed E-state index contributed by atoms with van der Waals surface area (Å²) in [6.45, 7) is 0. The fourth-order valence-corrected chi connectivity index (χ4v) is 1.96. The Kier molecular flexibility index (Phi) is 5.90. The maximum atomic E-state index is 10.8. The van der Waals surface area contributed by atoms with Crippen molar-refractivity contribution in [2.75, 3.05) is 0 Å². The molecule has 0 amide bonds. The van der Waals surface area contributed by atoms with Gasteiger partial charge in [-0.1, -0.05) is 19.3 Å². The number of hydrogen-bond acceptors (Lipinski definition) is 3. The summed E-state index contributed by atoms with van der Waals surface area (Å²) in [7, 11) is 0. The summed E-state index contributed by atoms with van der Waals surface area (Å²) in [5, 5.41) is 8.44. The van der Waals surface area contributed by atoms with Gasteiger partial charge in [-0.25, -0.2) is 0 Å². The van der Waals surface area contributed by atoms with Crippen LogP contribution >= 0.6 is 0 Å². The summed E-state index contributed by atoms with van der Waals surface area (Å²) in [5.74, 6) is -0.774. The summed E-state index contributed by atoms with van der Waals surface area (Å²) in [6, 6.07) is 0. The van der Waals surface area contributed by atoms with Crippen LogP contribution in [0.3, 0.4) is 0 Å². The first-order chi connectivity index (χ1) is 7.68. The lowest BCUT2D eigenvalue weighted by molar-refractivity contribution is -0.141. The van der Waals surface area contributed by atoms with Crippen molar-refractivity contribution in [3.63, 3.8) is 0 Å². The van der Waals surface area contributed by atoms with E-state index in [9.17, 15) is 9.59 Å². The quantitative estimate of drug-likeness (QED) is 0.512. The van der Waals surface area contributed by atoms with Gasteiger partial charge in [0, 0.05) is 12.8 Å². The second-order valence-corrected chi connectivity index (χ2v) is 4.35. The van der Waals surface area contributed by atoms with Crippen molar-refractivity contribution in [1.82, 2.24) is 0 Å². The van der Waals surface area contributed by atoms with Crippen molar-refractivity contribution in [3.8, 4) is 0 Å². The Morgan fingerprint density at radius 2 is 1.94 bits per heavy atom. The highest BCUT2D eigenvalue weighted by Crippen LogP contribution is 2.19. The van der Waals surface area contributed by atoms with Crippen molar-refractivity contribution in [1.29, 1.82) is 0 Å². The number of rotatable bonds is 8. The SMILES string of the molecule is O=C(O)CCCCCCCC1CCC(=O)O1. The van der Waals surface area contributed by atoms with E-state index in [2.05, 4.69) is 0 Å². The van der Waals surface area contributed by atoms with Gasteiger partial charge in [0.2, 0.25) is 0 Å². The molecule has 1 N–H and O–H groups in total. The van der Waals surface area contributed by atoms with Gasteiger partial charge in [-0.05, 0) is 25.7 Å². The lowest BCUT2D eigenvalue weighted by Crippen LogP contribution is -2.06. The smallest absolute Gasteiger partial charge is 0.306 e. The number of ether oxygens (including phenoxy) is 1. The van der Waals surface area contributed by atoms with Crippen molar-refractivity contribution >= 4 is 11.9 Å². The number of aliphatic carboxylic acids is 1. The number of hydrogen-bond donors (Lipinski definition) is 1. The molecule has 1 rings (SSSR count). The number of carbonyl (C=O) groups is 2. The summed E-state index contributed by atoms with van der Waals surface area (Å²) < 4.78 is 5.10. The zero-order chi connectivity index (χ0) is 11.8. The zero-order valence-electron chi connectivity index (χ0n) is 9.61. The molecule has 0 spiro atoms. The van der Waals surface area contributed by atoms with Crippen LogP contribution in [0.15, 0.2) is 0 Å². The fourth-order valence-electron chi connectivity index (χ4n) is 1.96. The first-order valence-corrected chi connectivity index (χ1v) is 6.10. The predicted octanol–water partition coefficient (Wildman–Crippen LogP) is 2.51. The first-order valence-electron chi connectivity index (χ1n) is 6.10. The zero-order valence-corrected chi connectivity index (χ0v) is 9.61. The van der Waals surface area contributed by atoms with Crippen LogP contribution in [0.1, 0.15) is 57.8 Å². The molecule has 1 aliphatic rings. The van der Waals surface area contributed by atoms with Gasteiger partial charge in [0.25, 0.3) is 0 Å². The Morgan fingerprint density at radius 3 is 2.56 bits per heavy atom. The van der Waals surface area contributed by atoms with Crippen LogP contribution in [0.25, 0.3) is 0 Å². The Bertz CT molecular complexity index is 237. The summed E-state index contributed by atoms with van der Waals surface area (Å²) in [4.78, 5) is 21.1. The van der Waals surface area contributed by atoms with Gasteiger partial charge < -0.3 is 9.84 Å². The molecule has 1 fully saturated rings. The van der Waals surface area contributed by atoms with E-state index < -0.39 is 5.97 Å². The van der Waals surface area contributed by atoms with E-state index in [1.807, 2.05) is 0 Å². The maximum Gasteiger partial charge on any atom is 0.306 e. The maximum absolute atomic E-state index is 10.8. The van der Waals surface area contributed by atoms with Crippen LogP contribution in [0.4, 0.5) is 0 Å². The molecule has 1 saturated heterocycles. The third-order valence-electron chi connectivity index (χ3n) is 2.89. The van der Waals surface area contributed by atoms with Gasteiger partial charge in [-0.15, -0.1) is 0 Å². The van der Waals surface area contributed by atoms with Crippen LogP contribution < -0.4 is 0 Å². The molecule has 1 unspecified atom stereocenters. The third-order valence-corrected chi connectivity index (χ3v) is 2.89. The second kappa shape index (κ2) is 7.25. The largest absolute Gasteiger partial charge is 0.481 e. The molecule has 0 aromatic carbocycles. The third kappa shape index (κ3) is 5.73. The number of carboxylic acids is 1. The molecule has 92 valence electrons. The lowest BCUT2D eigenvalue weighted by atomic mass is 10.1. The van der Waals surface area contributed by atoms with Crippen LogP contribution in [-0.2, 0) is 14.3 Å². The molecule has 0 aliphatic carbocycles. The molecule has 4 heteroatoms. The molecular weight excluding hydrogens is 208 g/mol. The van der Waals surface area contributed by atoms with Crippen LogP contribution in [0.2, 0.25) is 0 Å². The number of unbranched alkanes of at least 4 members (excludes halogenated alkanes) is 4. The molecule has 0 radical (unpaired) electrons. The van der Waals surface area contributed by atoms with Gasteiger partial charge in [-0.2, -0.15) is 0 Å². The second-order valence-electron chi connectivity index (χ2n) is 4.35. The van der Waals surface area contributed by atoms with Gasteiger partial charge in [0.15, 0.2) is 0 Å². The van der Waals surface area contributed by atoms with Crippen molar-refractivity contribution in [2.45, 2.75) is 63.9 Å². The summed E-state index contributed by atoms with van der Waals surface area (Å²) in [6.07, 6.45) is 7.84. The fraction of sp³-hybridized carbons (Fsp3) is 0.833. The molecule has 0 saturated carbocycles. The molecule has 1 atom stereocenters. The Morgan fingerprint density at radius 1 is 1.25 bits per heavy atom. The van der Waals surface area contributed by atoms with Crippen LogP contribution in [0.5, 0.6) is 0 Å². The van der Waals surface area contributed by atoms with E-state index in [1.54, 1.807) is 0 Å². The molecule has 1 aliphatic heterocycles. The van der Waals surface area contributed by atoms with Crippen LogP contribution in [0, 0.1) is 0 Å². The van der Waals surface area contributed by atoms with Gasteiger partial charge >= 0.3 is 11.9 Å². The lowest BCUT2D eigenvalue weighted by Gasteiger charge is -2.07. The molecule has 16 heavy (non-hydrogen) atoms. The van der Waals surface area contributed by atoms with E-state index in [4.69, 9.17) is 9.84 Å². The van der Waals surface area contributed by atoms with Crippen molar-refractivity contribution in [2.24, 2.45) is 0 Å². The Hall–Kier alpha value is -1.06. The number of carbonyl (C=O) groups excluding carboxylic acids is 1. The summed E-state index contributed by atoms with van der Waals surface area (Å²) in [5.41, 5.74) is 0. The highest BCUT2D eigenvalue weighted by molar-refractivity contribution is 5.71. The van der Waals surface area contributed by atoms with E-state index in [1.165, 1.54) is 0 Å². The van der Waals surface area contributed by atoms with Crippen LogP contribution in [-0.4, -0.2) is 23.1 Å². The van der Waals surface area contributed by atoms with Crippen molar-refractivity contribution in [3.05, 3.63) is 0 Å². The Balaban J connectivity index is 1.85. The van der Waals surface area contributed by atoms with Crippen molar-refractivity contribution < 1.29 is 19.4 Å². The number of carboxylic acid groups (broad SMARTS) is 1. The minimum Gasteiger partial charge on any atom is -0.481 e. The molecule has 0 aromatic rings. The van der Waals surface area contributed by atoms with E-state index in [0.29, 0.717) is 6.42 Å². The monoisotopic (exact) mass is 228 g/mol. The van der Waals surface area contributed by atoms with E-state index in [0.717, 1.165) is 44.9 Å². The average Bonchev–Trinajstić information content (AvgIpc) is 2.62. The highest BCUT2D eigenvalue weighted by Gasteiger charge is 2.22. The Labute approximate surface area is 96.0 Å². The minimum absolute atomic E-state index is 0.0635. The topological polar surface area (TPSA) is 63.6 Å². The van der Waals surface area contributed by atoms with E-state index >= 15 is 0 Å². The highest BCUT2D eigenvalue weighted by atomic mass is 16.5. The van der Waals surface area contributed by atoms with E-state index in [-0.39, 0.29) is 18.5 Å². The predicted molar refractivity (Wildman–Crippen MR) is 59.1 cm³/mol. The first kappa shape index (κ1) is 13.0. The number of cyclic esters (lactones) is 1. The standard InChI is InChI=1S/C12H20O4/c13-11(14)7-5-3-1-2-4-6-10-8-9-12(15)16-10/h10H,1-9H2,(H,13,14). The van der Waals surface area contributed by atoms with Gasteiger partial charge in [0.1, 0.15) is 6.10 Å². The summed E-state index contributed by atoms with van der Waals surface area (Å²) >= 11 is 0. The normalized spacial score (nSPS) is 19.8. The molecule has 0 bridgehead atoms. The molecule has 1 heterocycles. The molecule has 4 nitrogen and oxygen atoms in total. The average molecular weight is 228 g/mol. The number of esters is 1. The van der Waals surface area contributed by atoms with Gasteiger partial charge in [-0.3, -0.25) is 9.59 Å². The van der Waals surface area contributed by atoms with Gasteiger partial charge in [0.05, 0.1) is 0 Å². The molecule has 0 aromatic heterocycles. The minimum atomic E-state index is -0.710.